The number of rotatable bonds is 2. The van der Waals surface area contributed by atoms with Gasteiger partial charge in [-0.1, -0.05) is 38.1 Å². The van der Waals surface area contributed by atoms with Crippen molar-refractivity contribution < 1.29 is 4.21 Å². The molecule has 1 saturated heterocycles. The van der Waals surface area contributed by atoms with Gasteiger partial charge in [0.15, 0.2) is 0 Å². The van der Waals surface area contributed by atoms with Crippen LogP contribution in [0.1, 0.15) is 36.9 Å². The van der Waals surface area contributed by atoms with Crippen molar-refractivity contribution in [3.05, 3.63) is 35.4 Å². The summed E-state index contributed by atoms with van der Waals surface area (Å²) in [7, 11) is -0.647. The minimum atomic E-state index is -0.647. The summed E-state index contributed by atoms with van der Waals surface area (Å²) >= 11 is 0. The smallest absolute Gasteiger partial charge is 0.0437 e. The summed E-state index contributed by atoms with van der Waals surface area (Å²) in [6.45, 7) is 5.26. The molecule has 0 radical (unpaired) electrons. The van der Waals surface area contributed by atoms with E-state index in [1.807, 2.05) is 0 Å². The van der Waals surface area contributed by atoms with E-state index in [1.54, 1.807) is 0 Å². The number of benzene rings is 1. The van der Waals surface area contributed by atoms with Gasteiger partial charge in [0.1, 0.15) is 0 Å². The Morgan fingerprint density at radius 2 is 2.00 bits per heavy atom. The summed E-state index contributed by atoms with van der Waals surface area (Å²) in [5.41, 5.74) is 2.62. The maximum absolute atomic E-state index is 11.5. The Bertz CT molecular complexity index is 372. The zero-order valence-corrected chi connectivity index (χ0v) is 10.7. The molecule has 0 amide bonds. The summed E-state index contributed by atoms with van der Waals surface area (Å²) in [5.74, 6) is 2.12. The fraction of sp³-hybridized carbons (Fsp3) is 0.538. The van der Waals surface area contributed by atoms with Gasteiger partial charge in [0.2, 0.25) is 0 Å². The average molecular weight is 237 g/mol. The van der Waals surface area contributed by atoms with Crippen molar-refractivity contribution in [3.63, 3.8) is 0 Å². The Labute approximate surface area is 99.9 Å². The van der Waals surface area contributed by atoms with E-state index in [9.17, 15) is 4.21 Å². The summed E-state index contributed by atoms with van der Waals surface area (Å²) in [6.07, 6.45) is 0. The first-order chi connectivity index (χ1) is 7.66. The lowest BCUT2D eigenvalue weighted by Gasteiger charge is -2.23. The van der Waals surface area contributed by atoms with Gasteiger partial charge >= 0.3 is 0 Å². The third-order valence-electron chi connectivity index (χ3n) is 3.08. The van der Waals surface area contributed by atoms with Crippen molar-refractivity contribution in [2.75, 3.05) is 18.1 Å². The fourth-order valence-electron chi connectivity index (χ4n) is 2.00. The van der Waals surface area contributed by atoms with Crippen LogP contribution in [0.5, 0.6) is 0 Å². The lowest BCUT2D eigenvalue weighted by molar-refractivity contribution is 0.572. The highest BCUT2D eigenvalue weighted by Gasteiger charge is 2.19. The minimum Gasteiger partial charge on any atom is -0.308 e. The van der Waals surface area contributed by atoms with Crippen LogP contribution in [0.15, 0.2) is 24.3 Å². The SMILES string of the molecule is CC(C)c1ccc(C2CS(=O)CCN2)cc1. The molecule has 1 aliphatic rings. The predicted octanol–water partition coefficient (Wildman–Crippen LogP) is 2.20. The predicted molar refractivity (Wildman–Crippen MR) is 69.2 cm³/mol. The Morgan fingerprint density at radius 3 is 2.56 bits per heavy atom. The standard InChI is InChI=1S/C13H19NOS/c1-10(2)11-3-5-12(6-4-11)13-9-16(15)8-7-14-13/h3-6,10,13-14H,7-9H2,1-2H3. The van der Waals surface area contributed by atoms with Gasteiger partial charge < -0.3 is 5.32 Å². The van der Waals surface area contributed by atoms with Crippen LogP contribution >= 0.6 is 0 Å². The van der Waals surface area contributed by atoms with Crippen molar-refractivity contribution >= 4 is 10.8 Å². The van der Waals surface area contributed by atoms with E-state index in [-0.39, 0.29) is 6.04 Å². The zero-order chi connectivity index (χ0) is 11.5. The van der Waals surface area contributed by atoms with E-state index < -0.39 is 10.8 Å². The molecule has 1 aromatic rings. The molecule has 1 fully saturated rings. The summed E-state index contributed by atoms with van der Waals surface area (Å²) in [6, 6.07) is 8.96. The normalized spacial score (nSPS) is 25.9. The van der Waals surface area contributed by atoms with Gasteiger partial charge in [0.25, 0.3) is 0 Å². The Balaban J connectivity index is 2.11. The molecular formula is C13H19NOS. The van der Waals surface area contributed by atoms with Crippen molar-refractivity contribution in [1.82, 2.24) is 5.32 Å². The molecule has 1 aliphatic heterocycles. The molecule has 1 N–H and O–H groups in total. The van der Waals surface area contributed by atoms with Gasteiger partial charge in [-0.15, -0.1) is 0 Å². The monoisotopic (exact) mass is 237 g/mol. The molecule has 2 atom stereocenters. The Hall–Kier alpha value is -0.670. The van der Waals surface area contributed by atoms with E-state index in [4.69, 9.17) is 0 Å². The molecule has 0 aromatic heterocycles. The van der Waals surface area contributed by atoms with Crippen molar-refractivity contribution in [2.45, 2.75) is 25.8 Å². The molecule has 1 heterocycles. The number of hydrogen-bond donors (Lipinski definition) is 1. The van der Waals surface area contributed by atoms with Crippen molar-refractivity contribution in [3.8, 4) is 0 Å². The molecule has 88 valence electrons. The van der Waals surface area contributed by atoms with E-state index in [0.717, 1.165) is 18.1 Å². The third-order valence-corrected chi connectivity index (χ3v) is 4.44. The molecule has 16 heavy (non-hydrogen) atoms. The second-order valence-electron chi connectivity index (χ2n) is 4.64. The van der Waals surface area contributed by atoms with Crippen LogP contribution in [0, 0.1) is 0 Å². The Kier molecular flexibility index (Phi) is 3.77. The van der Waals surface area contributed by atoms with E-state index in [1.165, 1.54) is 11.1 Å². The van der Waals surface area contributed by atoms with Gasteiger partial charge in [-0.25, -0.2) is 0 Å². The molecule has 0 saturated carbocycles. The first kappa shape index (κ1) is 11.8. The largest absolute Gasteiger partial charge is 0.308 e. The van der Waals surface area contributed by atoms with Crippen molar-refractivity contribution in [2.24, 2.45) is 0 Å². The highest BCUT2D eigenvalue weighted by molar-refractivity contribution is 7.85. The van der Waals surface area contributed by atoms with Gasteiger partial charge in [-0.3, -0.25) is 4.21 Å². The van der Waals surface area contributed by atoms with Crippen LogP contribution in [-0.4, -0.2) is 22.3 Å². The molecule has 2 rings (SSSR count). The van der Waals surface area contributed by atoms with Crippen LogP contribution in [-0.2, 0) is 10.8 Å². The summed E-state index contributed by atoms with van der Waals surface area (Å²) < 4.78 is 11.5. The summed E-state index contributed by atoms with van der Waals surface area (Å²) in [5, 5.41) is 3.42. The maximum Gasteiger partial charge on any atom is 0.0437 e. The van der Waals surface area contributed by atoms with E-state index in [2.05, 4.69) is 43.4 Å². The molecule has 2 unspecified atom stereocenters. The van der Waals surface area contributed by atoms with Gasteiger partial charge in [0.05, 0.1) is 0 Å². The third kappa shape index (κ3) is 2.71. The molecule has 3 heteroatoms. The second-order valence-corrected chi connectivity index (χ2v) is 6.26. The molecule has 0 bridgehead atoms. The second kappa shape index (κ2) is 5.11. The zero-order valence-electron chi connectivity index (χ0n) is 9.90. The van der Waals surface area contributed by atoms with Crippen LogP contribution in [0.3, 0.4) is 0 Å². The van der Waals surface area contributed by atoms with Gasteiger partial charge in [-0.05, 0) is 17.0 Å². The molecule has 0 aliphatic carbocycles. The molecule has 0 spiro atoms. The van der Waals surface area contributed by atoms with Crippen LogP contribution in [0.25, 0.3) is 0 Å². The first-order valence-corrected chi connectivity index (χ1v) is 7.34. The molecule has 1 aromatic carbocycles. The number of nitrogens with one attached hydrogen (secondary N) is 1. The van der Waals surface area contributed by atoms with E-state index >= 15 is 0 Å². The topological polar surface area (TPSA) is 29.1 Å². The van der Waals surface area contributed by atoms with E-state index in [0.29, 0.717) is 5.92 Å². The first-order valence-electron chi connectivity index (χ1n) is 5.85. The lowest BCUT2D eigenvalue weighted by atomic mass is 9.99. The fourth-order valence-corrected chi connectivity index (χ4v) is 3.20. The number of hydrogen-bond acceptors (Lipinski definition) is 2. The Morgan fingerprint density at radius 1 is 1.31 bits per heavy atom. The van der Waals surface area contributed by atoms with Gasteiger partial charge in [0, 0.05) is 34.9 Å². The molecule has 2 nitrogen and oxygen atoms in total. The minimum absolute atomic E-state index is 0.274. The highest BCUT2D eigenvalue weighted by atomic mass is 32.2. The van der Waals surface area contributed by atoms with Crippen molar-refractivity contribution in [1.29, 1.82) is 0 Å². The molecular weight excluding hydrogens is 218 g/mol. The van der Waals surface area contributed by atoms with Crippen LogP contribution < -0.4 is 5.32 Å². The quantitative estimate of drug-likeness (QED) is 0.854. The van der Waals surface area contributed by atoms with Gasteiger partial charge in [-0.2, -0.15) is 0 Å². The average Bonchev–Trinajstić information content (AvgIpc) is 2.29. The summed E-state index contributed by atoms with van der Waals surface area (Å²) in [4.78, 5) is 0. The van der Waals surface area contributed by atoms with Crippen LogP contribution in [0.4, 0.5) is 0 Å². The maximum atomic E-state index is 11.5. The highest BCUT2D eigenvalue weighted by Crippen LogP contribution is 2.20. The van der Waals surface area contributed by atoms with Crippen LogP contribution in [0.2, 0.25) is 0 Å². The lowest BCUT2D eigenvalue weighted by Crippen LogP contribution is -2.36.